The molecule has 2 aliphatic rings. The second-order valence-electron chi connectivity index (χ2n) is 9.67. The Morgan fingerprint density at radius 2 is 1.76 bits per heavy atom. The summed E-state index contributed by atoms with van der Waals surface area (Å²) in [6, 6.07) is 5.29. The molecule has 9 nitrogen and oxygen atoms in total. The maximum Gasteiger partial charge on any atom is 0.416 e. The molecule has 0 unspecified atom stereocenters. The summed E-state index contributed by atoms with van der Waals surface area (Å²) in [5.41, 5.74) is 1.24. The highest BCUT2D eigenvalue weighted by molar-refractivity contribution is 5.84. The van der Waals surface area contributed by atoms with Crippen LogP contribution in [0.3, 0.4) is 0 Å². The van der Waals surface area contributed by atoms with Crippen molar-refractivity contribution in [1.29, 1.82) is 0 Å². The molecule has 3 heterocycles. The van der Waals surface area contributed by atoms with Crippen LogP contribution < -0.4 is 10.6 Å². The van der Waals surface area contributed by atoms with Crippen molar-refractivity contribution in [3.63, 3.8) is 0 Å². The Kier molecular flexibility index (Phi) is 7.77. The molecule has 2 fully saturated rings. The average molecular weight is 520 g/mol. The maximum absolute atomic E-state index is 13.0. The third-order valence-electron chi connectivity index (χ3n) is 6.95. The van der Waals surface area contributed by atoms with E-state index in [0.717, 1.165) is 70.7 Å². The Morgan fingerprint density at radius 3 is 2.46 bits per heavy atom. The Labute approximate surface area is 213 Å². The molecular formula is C25H32F3N7O2. The van der Waals surface area contributed by atoms with E-state index < -0.39 is 11.7 Å². The Morgan fingerprint density at radius 1 is 1.03 bits per heavy atom. The SMILES string of the molecule is OC1CCC(Nc2nc(NCCN3CCOCC3)c3ncn(Cc4ccc(C(F)(F)F)cc4)c3n2)CC1. The zero-order valence-corrected chi connectivity index (χ0v) is 20.5. The predicted octanol–water partition coefficient (Wildman–Crippen LogP) is 3.35. The van der Waals surface area contributed by atoms with Gasteiger partial charge in [0, 0.05) is 32.2 Å². The second kappa shape index (κ2) is 11.2. The Balaban J connectivity index is 1.37. The highest BCUT2D eigenvalue weighted by atomic mass is 19.4. The number of morpholine rings is 1. The summed E-state index contributed by atoms with van der Waals surface area (Å²) in [4.78, 5) is 16.3. The topological polar surface area (TPSA) is 100 Å². The van der Waals surface area contributed by atoms with Gasteiger partial charge in [-0.15, -0.1) is 0 Å². The summed E-state index contributed by atoms with van der Waals surface area (Å²) in [6.07, 6.45) is 0.132. The largest absolute Gasteiger partial charge is 0.416 e. The number of rotatable bonds is 8. The van der Waals surface area contributed by atoms with Crippen molar-refractivity contribution < 1.29 is 23.0 Å². The van der Waals surface area contributed by atoms with E-state index in [0.29, 0.717) is 41.6 Å². The molecule has 5 rings (SSSR count). The van der Waals surface area contributed by atoms with Gasteiger partial charge in [0.1, 0.15) is 0 Å². The van der Waals surface area contributed by atoms with E-state index in [1.807, 2.05) is 4.57 Å². The summed E-state index contributed by atoms with van der Waals surface area (Å²) in [5, 5.41) is 16.7. The third-order valence-corrected chi connectivity index (χ3v) is 6.95. The van der Waals surface area contributed by atoms with Crippen LogP contribution in [-0.2, 0) is 17.5 Å². The number of benzene rings is 1. The molecule has 200 valence electrons. The summed E-state index contributed by atoms with van der Waals surface area (Å²) in [7, 11) is 0. The zero-order valence-electron chi connectivity index (χ0n) is 20.5. The number of anilines is 2. The van der Waals surface area contributed by atoms with Gasteiger partial charge >= 0.3 is 6.18 Å². The van der Waals surface area contributed by atoms with Gasteiger partial charge in [0.05, 0.1) is 37.8 Å². The lowest BCUT2D eigenvalue weighted by Gasteiger charge is -2.27. The van der Waals surface area contributed by atoms with Gasteiger partial charge in [0.15, 0.2) is 17.0 Å². The first-order chi connectivity index (χ1) is 17.8. The fourth-order valence-corrected chi connectivity index (χ4v) is 4.80. The number of imidazole rings is 1. The number of aliphatic hydroxyl groups is 1. The van der Waals surface area contributed by atoms with Crippen molar-refractivity contribution in [3.05, 3.63) is 41.7 Å². The standard InChI is InChI=1S/C25H32F3N7O2/c26-25(27,28)18-3-1-17(2-4-18)15-35-16-30-21-22(29-9-10-34-11-13-37-14-12-34)32-24(33-23(21)35)31-19-5-7-20(36)8-6-19/h1-4,16,19-20,36H,5-15H2,(H2,29,31,32,33). The molecule has 1 aliphatic carbocycles. The fraction of sp³-hybridized carbons (Fsp3) is 0.560. The molecule has 0 amide bonds. The maximum atomic E-state index is 13.0. The van der Waals surface area contributed by atoms with E-state index in [9.17, 15) is 18.3 Å². The number of halogens is 3. The lowest BCUT2D eigenvalue weighted by Crippen LogP contribution is -2.39. The minimum atomic E-state index is -4.37. The molecule has 0 radical (unpaired) electrons. The molecule has 0 spiro atoms. The number of nitrogens with one attached hydrogen (secondary N) is 2. The molecular weight excluding hydrogens is 487 g/mol. The highest BCUT2D eigenvalue weighted by Crippen LogP contribution is 2.30. The van der Waals surface area contributed by atoms with Crippen molar-refractivity contribution in [3.8, 4) is 0 Å². The van der Waals surface area contributed by atoms with Gasteiger partial charge in [-0.25, -0.2) is 4.98 Å². The molecule has 1 aromatic carbocycles. The quantitative estimate of drug-likeness (QED) is 0.417. The second-order valence-corrected chi connectivity index (χ2v) is 9.67. The van der Waals surface area contributed by atoms with E-state index in [1.54, 1.807) is 6.33 Å². The van der Waals surface area contributed by atoms with Crippen LogP contribution in [0.1, 0.15) is 36.8 Å². The Bertz CT molecular complexity index is 1170. The number of ether oxygens (including phenoxy) is 1. The summed E-state index contributed by atoms with van der Waals surface area (Å²) >= 11 is 0. The number of hydrogen-bond acceptors (Lipinski definition) is 8. The van der Waals surface area contributed by atoms with E-state index >= 15 is 0 Å². The van der Waals surface area contributed by atoms with E-state index in [1.165, 1.54) is 12.1 Å². The molecule has 1 saturated carbocycles. The average Bonchev–Trinajstić information content (AvgIpc) is 3.28. The number of hydrogen-bond donors (Lipinski definition) is 3. The first-order valence-corrected chi connectivity index (χ1v) is 12.7. The van der Waals surface area contributed by atoms with Crippen LogP contribution in [0.5, 0.6) is 0 Å². The van der Waals surface area contributed by atoms with Gasteiger partial charge in [-0.1, -0.05) is 12.1 Å². The van der Waals surface area contributed by atoms with E-state index in [-0.39, 0.29) is 12.1 Å². The summed E-state index contributed by atoms with van der Waals surface area (Å²) in [6.45, 7) is 5.09. The van der Waals surface area contributed by atoms with Gasteiger partial charge in [0.25, 0.3) is 0 Å². The van der Waals surface area contributed by atoms with Crippen molar-refractivity contribution in [2.24, 2.45) is 0 Å². The molecule has 37 heavy (non-hydrogen) atoms. The first-order valence-electron chi connectivity index (χ1n) is 12.7. The number of alkyl halides is 3. The number of aromatic nitrogens is 4. The van der Waals surface area contributed by atoms with E-state index in [4.69, 9.17) is 14.7 Å². The normalized spacial score (nSPS) is 21.3. The van der Waals surface area contributed by atoms with Crippen LogP contribution in [0.25, 0.3) is 11.2 Å². The first kappa shape index (κ1) is 25.7. The Hall–Kier alpha value is -2.96. The zero-order chi connectivity index (χ0) is 25.8. The highest BCUT2D eigenvalue weighted by Gasteiger charge is 2.30. The molecule has 0 bridgehead atoms. The van der Waals surface area contributed by atoms with Crippen molar-refractivity contribution >= 4 is 22.9 Å². The third kappa shape index (κ3) is 6.49. The van der Waals surface area contributed by atoms with Crippen LogP contribution in [0.4, 0.5) is 24.9 Å². The summed E-state index contributed by atoms with van der Waals surface area (Å²) < 4.78 is 46.1. The van der Waals surface area contributed by atoms with Crippen LogP contribution in [0.2, 0.25) is 0 Å². The van der Waals surface area contributed by atoms with Gasteiger partial charge < -0.3 is 25.0 Å². The van der Waals surface area contributed by atoms with Crippen molar-refractivity contribution in [1.82, 2.24) is 24.4 Å². The van der Waals surface area contributed by atoms with Gasteiger partial charge in [0.2, 0.25) is 5.95 Å². The molecule has 1 saturated heterocycles. The molecule has 3 N–H and O–H groups in total. The van der Waals surface area contributed by atoms with Crippen molar-refractivity contribution in [2.45, 2.75) is 50.6 Å². The summed E-state index contributed by atoms with van der Waals surface area (Å²) in [5.74, 6) is 1.08. The minimum absolute atomic E-state index is 0.160. The van der Waals surface area contributed by atoms with Gasteiger partial charge in [-0.2, -0.15) is 23.1 Å². The molecule has 1 aliphatic heterocycles. The van der Waals surface area contributed by atoms with Gasteiger partial charge in [-0.3, -0.25) is 4.90 Å². The minimum Gasteiger partial charge on any atom is -0.393 e. The number of fused-ring (bicyclic) bond motifs is 1. The van der Waals surface area contributed by atoms with Gasteiger partial charge in [-0.05, 0) is 43.4 Å². The molecule has 2 aromatic heterocycles. The lowest BCUT2D eigenvalue weighted by molar-refractivity contribution is -0.137. The van der Waals surface area contributed by atoms with Crippen LogP contribution in [0.15, 0.2) is 30.6 Å². The number of nitrogens with zero attached hydrogens (tertiary/aromatic N) is 5. The van der Waals surface area contributed by atoms with E-state index in [2.05, 4.69) is 20.5 Å². The smallest absolute Gasteiger partial charge is 0.393 e. The van der Waals surface area contributed by atoms with Crippen LogP contribution in [-0.4, -0.2) is 81.1 Å². The molecule has 12 heteroatoms. The monoisotopic (exact) mass is 519 g/mol. The predicted molar refractivity (Wildman–Crippen MR) is 134 cm³/mol. The van der Waals surface area contributed by atoms with Crippen LogP contribution in [0, 0.1) is 0 Å². The van der Waals surface area contributed by atoms with Crippen molar-refractivity contribution in [2.75, 3.05) is 50.0 Å². The number of aliphatic hydroxyl groups excluding tert-OH is 1. The fourth-order valence-electron chi connectivity index (χ4n) is 4.80. The lowest BCUT2D eigenvalue weighted by atomic mass is 9.93. The van der Waals surface area contributed by atoms with Crippen LogP contribution >= 0.6 is 0 Å². The molecule has 3 aromatic rings. The molecule has 0 atom stereocenters.